The lowest BCUT2D eigenvalue weighted by Gasteiger charge is -2.12. The predicted molar refractivity (Wildman–Crippen MR) is 91.6 cm³/mol. The van der Waals surface area contributed by atoms with Crippen molar-refractivity contribution in [1.82, 2.24) is 25.0 Å². The van der Waals surface area contributed by atoms with Crippen LogP contribution in [0.5, 0.6) is 0 Å². The maximum absolute atomic E-state index is 11.1. The molecule has 8 heteroatoms. The van der Waals surface area contributed by atoms with Crippen LogP contribution in [-0.4, -0.2) is 42.1 Å². The van der Waals surface area contributed by atoms with Crippen LogP contribution in [0.4, 0.5) is 5.95 Å². The van der Waals surface area contributed by atoms with E-state index in [0.717, 1.165) is 12.1 Å². The fraction of sp³-hybridized carbons (Fsp3) is 0.353. The summed E-state index contributed by atoms with van der Waals surface area (Å²) in [5.74, 6) is -0.553. The molecule has 25 heavy (non-hydrogen) atoms. The van der Waals surface area contributed by atoms with Crippen molar-refractivity contribution in [2.45, 2.75) is 32.2 Å². The molecule has 3 aromatic rings. The quantitative estimate of drug-likeness (QED) is 0.751. The normalized spacial score (nSPS) is 20.0. The zero-order chi connectivity index (χ0) is 17.4. The van der Waals surface area contributed by atoms with Crippen LogP contribution in [0, 0.1) is 12.8 Å². The molecule has 1 aliphatic carbocycles. The van der Waals surface area contributed by atoms with Crippen LogP contribution in [-0.2, 0) is 4.79 Å². The molecule has 1 aliphatic rings. The number of carboxylic acids is 1. The number of nitrogens with one attached hydrogen (secondary N) is 1. The van der Waals surface area contributed by atoms with Crippen molar-refractivity contribution in [3.63, 3.8) is 0 Å². The van der Waals surface area contributed by atoms with Crippen LogP contribution in [0.3, 0.4) is 0 Å². The molecular weight excluding hydrogens is 320 g/mol. The lowest BCUT2D eigenvalue weighted by atomic mass is 10.1. The molecule has 4 rings (SSSR count). The van der Waals surface area contributed by atoms with E-state index < -0.39 is 5.97 Å². The van der Waals surface area contributed by atoms with E-state index in [2.05, 4.69) is 25.6 Å². The third-order valence-corrected chi connectivity index (χ3v) is 4.59. The number of rotatable bonds is 4. The second-order valence-electron chi connectivity index (χ2n) is 6.43. The average Bonchev–Trinajstić information content (AvgIpc) is 3.22. The van der Waals surface area contributed by atoms with Gasteiger partial charge < -0.3 is 10.4 Å². The summed E-state index contributed by atoms with van der Waals surface area (Å²) in [7, 11) is 0. The Balaban J connectivity index is 1.60. The molecular formula is C17H18N6O2. The minimum atomic E-state index is -0.734. The highest BCUT2D eigenvalue weighted by Crippen LogP contribution is 2.27. The Morgan fingerprint density at radius 2 is 2.08 bits per heavy atom. The number of aliphatic carboxylic acids is 1. The Morgan fingerprint density at radius 3 is 2.80 bits per heavy atom. The largest absolute Gasteiger partial charge is 0.481 e. The van der Waals surface area contributed by atoms with Crippen molar-refractivity contribution in [3.05, 3.63) is 36.0 Å². The van der Waals surface area contributed by atoms with Crippen LogP contribution in [0.1, 0.15) is 24.8 Å². The molecule has 128 valence electrons. The molecule has 0 aliphatic heterocycles. The van der Waals surface area contributed by atoms with Crippen molar-refractivity contribution < 1.29 is 9.90 Å². The number of carboxylic acid groups (broad SMARTS) is 1. The summed E-state index contributed by atoms with van der Waals surface area (Å²) >= 11 is 0. The molecule has 8 nitrogen and oxygen atoms in total. The molecule has 0 amide bonds. The van der Waals surface area contributed by atoms with Crippen molar-refractivity contribution in [3.8, 4) is 5.69 Å². The molecule has 2 aromatic heterocycles. The average molecular weight is 338 g/mol. The summed E-state index contributed by atoms with van der Waals surface area (Å²) in [4.78, 5) is 19.9. The van der Waals surface area contributed by atoms with Gasteiger partial charge in [-0.25, -0.2) is 4.98 Å². The van der Waals surface area contributed by atoms with Gasteiger partial charge in [0.05, 0.1) is 17.8 Å². The van der Waals surface area contributed by atoms with E-state index in [1.807, 2.05) is 31.2 Å². The van der Waals surface area contributed by atoms with Gasteiger partial charge in [0, 0.05) is 6.04 Å². The number of hydrogen-bond donors (Lipinski definition) is 2. The number of aromatic nitrogens is 5. The predicted octanol–water partition coefficient (Wildman–Crippen LogP) is 2.18. The molecule has 1 saturated carbocycles. The zero-order valence-electron chi connectivity index (χ0n) is 13.8. The molecule has 1 aromatic carbocycles. The summed E-state index contributed by atoms with van der Waals surface area (Å²) < 4.78 is 1.68. The van der Waals surface area contributed by atoms with E-state index in [4.69, 9.17) is 5.11 Å². The monoisotopic (exact) mass is 338 g/mol. The summed E-state index contributed by atoms with van der Waals surface area (Å²) in [6, 6.07) is 8.02. The van der Waals surface area contributed by atoms with Crippen molar-refractivity contribution in [2.75, 3.05) is 5.32 Å². The topological polar surface area (TPSA) is 106 Å². The van der Waals surface area contributed by atoms with E-state index in [-0.39, 0.29) is 12.0 Å². The first-order valence-electron chi connectivity index (χ1n) is 8.25. The molecule has 2 N–H and O–H groups in total. The van der Waals surface area contributed by atoms with Crippen LogP contribution < -0.4 is 5.32 Å². The Labute approximate surface area is 143 Å². The molecule has 0 bridgehead atoms. The minimum Gasteiger partial charge on any atom is -0.481 e. The Hall–Kier alpha value is -3.03. The highest BCUT2D eigenvalue weighted by atomic mass is 16.4. The van der Waals surface area contributed by atoms with Gasteiger partial charge in [-0.05, 0) is 38.3 Å². The molecule has 0 radical (unpaired) electrons. The van der Waals surface area contributed by atoms with Gasteiger partial charge in [-0.3, -0.25) is 4.79 Å². The van der Waals surface area contributed by atoms with Gasteiger partial charge in [-0.1, -0.05) is 22.9 Å². The number of nitrogens with zero attached hydrogens (tertiary/aromatic N) is 5. The minimum absolute atomic E-state index is 0.0715. The number of hydrogen-bond acceptors (Lipinski definition) is 6. The first-order valence-corrected chi connectivity index (χ1v) is 8.25. The van der Waals surface area contributed by atoms with E-state index in [1.165, 1.54) is 5.56 Å². The standard InChI is InChI=1S/C17H18N6O2/c1-10-2-6-13(7-3-10)23-15-14(21-22-23)9-18-17(20-15)19-12-5-4-11(8-12)16(24)25/h2-3,6-7,9,11-12H,4-5,8H2,1H3,(H,24,25)(H,18,19,20). The second-order valence-corrected chi connectivity index (χ2v) is 6.43. The van der Waals surface area contributed by atoms with Gasteiger partial charge in [-0.15, -0.1) is 5.10 Å². The van der Waals surface area contributed by atoms with Gasteiger partial charge >= 0.3 is 5.97 Å². The van der Waals surface area contributed by atoms with Crippen LogP contribution in [0.2, 0.25) is 0 Å². The summed E-state index contributed by atoms with van der Waals surface area (Å²) in [5.41, 5.74) is 3.28. The van der Waals surface area contributed by atoms with Crippen LogP contribution in [0.15, 0.2) is 30.5 Å². The summed E-state index contributed by atoms with van der Waals surface area (Å²) in [6.45, 7) is 2.03. The molecule has 0 spiro atoms. The maximum Gasteiger partial charge on any atom is 0.306 e. The number of fused-ring (bicyclic) bond motifs is 1. The van der Waals surface area contributed by atoms with E-state index in [0.29, 0.717) is 30.0 Å². The Bertz CT molecular complexity index is 921. The first-order chi connectivity index (χ1) is 12.1. The number of aryl methyl sites for hydroxylation is 1. The maximum atomic E-state index is 11.1. The lowest BCUT2D eigenvalue weighted by Crippen LogP contribution is -2.19. The number of benzene rings is 1. The number of anilines is 1. The fourth-order valence-electron chi connectivity index (χ4n) is 3.18. The highest BCUT2D eigenvalue weighted by molar-refractivity contribution is 5.72. The summed E-state index contributed by atoms with van der Waals surface area (Å²) in [5, 5.41) is 20.6. The second kappa shape index (κ2) is 6.12. The van der Waals surface area contributed by atoms with E-state index >= 15 is 0 Å². The van der Waals surface area contributed by atoms with Gasteiger partial charge in [0.25, 0.3) is 0 Å². The van der Waals surface area contributed by atoms with Crippen molar-refractivity contribution in [1.29, 1.82) is 0 Å². The molecule has 2 heterocycles. The van der Waals surface area contributed by atoms with Crippen molar-refractivity contribution in [2.24, 2.45) is 5.92 Å². The summed E-state index contributed by atoms with van der Waals surface area (Å²) in [6.07, 6.45) is 3.70. The molecule has 2 atom stereocenters. The van der Waals surface area contributed by atoms with Gasteiger partial charge in [-0.2, -0.15) is 9.67 Å². The van der Waals surface area contributed by atoms with Gasteiger partial charge in [0.2, 0.25) is 5.95 Å². The van der Waals surface area contributed by atoms with Gasteiger partial charge in [0.15, 0.2) is 11.2 Å². The Kier molecular flexibility index (Phi) is 3.79. The van der Waals surface area contributed by atoms with Crippen LogP contribution >= 0.6 is 0 Å². The smallest absolute Gasteiger partial charge is 0.306 e. The Morgan fingerprint density at radius 1 is 1.28 bits per heavy atom. The van der Waals surface area contributed by atoms with Crippen molar-refractivity contribution >= 4 is 23.1 Å². The van der Waals surface area contributed by atoms with Gasteiger partial charge in [0.1, 0.15) is 0 Å². The molecule has 0 saturated heterocycles. The zero-order valence-corrected chi connectivity index (χ0v) is 13.8. The SMILES string of the molecule is Cc1ccc(-n2nnc3cnc(NC4CCC(C(=O)O)C4)nc32)cc1. The third kappa shape index (κ3) is 3.02. The molecule has 2 unspecified atom stereocenters. The van der Waals surface area contributed by atoms with Crippen LogP contribution in [0.25, 0.3) is 16.9 Å². The first kappa shape index (κ1) is 15.5. The number of carbonyl (C=O) groups is 1. The third-order valence-electron chi connectivity index (χ3n) is 4.59. The highest BCUT2D eigenvalue weighted by Gasteiger charge is 2.30. The lowest BCUT2D eigenvalue weighted by molar-refractivity contribution is -0.141. The molecule has 1 fully saturated rings. The van der Waals surface area contributed by atoms with E-state index in [1.54, 1.807) is 10.9 Å². The fourth-order valence-corrected chi connectivity index (χ4v) is 3.18. The van der Waals surface area contributed by atoms with E-state index in [9.17, 15) is 4.79 Å².